The van der Waals surface area contributed by atoms with Crippen LogP contribution in [-0.4, -0.2) is 11.1 Å². The van der Waals surface area contributed by atoms with Crippen LogP contribution in [-0.2, 0) is 13.0 Å². The van der Waals surface area contributed by atoms with Crippen LogP contribution in [0.15, 0.2) is 66.9 Å². The van der Waals surface area contributed by atoms with Crippen LogP contribution in [0.3, 0.4) is 0 Å². The van der Waals surface area contributed by atoms with Gasteiger partial charge in [0.1, 0.15) is 0 Å². The first-order valence-electron chi connectivity index (χ1n) is 7.61. The van der Waals surface area contributed by atoms with Crippen LogP contribution in [0.25, 0.3) is 5.69 Å². The average molecular weight is 345 g/mol. The zero-order valence-corrected chi connectivity index (χ0v) is 14.2. The second kappa shape index (κ2) is 7.69. The smallest absolute Gasteiger partial charge is 0.0832 e. The molecule has 0 aliphatic carbocycles. The monoisotopic (exact) mass is 344 g/mol. The highest BCUT2D eigenvalue weighted by Gasteiger charge is 2.09. The molecule has 2 nitrogen and oxygen atoms in total. The average Bonchev–Trinajstić information content (AvgIpc) is 3.03. The number of nitrogens with zero attached hydrogens (tertiary/aromatic N) is 1. The zero-order valence-electron chi connectivity index (χ0n) is 12.7. The Kier molecular flexibility index (Phi) is 5.39. The molecule has 0 atom stereocenters. The maximum absolute atomic E-state index is 6.32. The number of rotatable bonds is 6. The molecule has 0 unspecified atom stereocenters. The number of hydrogen-bond acceptors (Lipinski definition) is 1. The van der Waals surface area contributed by atoms with Crippen LogP contribution >= 0.6 is 23.2 Å². The van der Waals surface area contributed by atoms with E-state index in [2.05, 4.69) is 40.2 Å². The SMILES string of the molecule is Clc1cccc(-n2cccc2CNCCc2ccccc2)c1Cl. The standard InChI is InChI=1S/C19H18Cl2N2/c20-17-9-4-10-18(19(17)21)23-13-5-8-16(23)14-22-12-11-15-6-2-1-3-7-15/h1-10,13,22H,11-12,14H2. The summed E-state index contributed by atoms with van der Waals surface area (Å²) in [6.45, 7) is 1.71. The van der Waals surface area contributed by atoms with Gasteiger partial charge < -0.3 is 9.88 Å². The fourth-order valence-corrected chi connectivity index (χ4v) is 2.95. The van der Waals surface area contributed by atoms with E-state index in [0.717, 1.165) is 30.9 Å². The molecular weight excluding hydrogens is 327 g/mol. The molecule has 1 aromatic heterocycles. The minimum absolute atomic E-state index is 0.570. The Morgan fingerprint density at radius 2 is 1.70 bits per heavy atom. The predicted octanol–water partition coefficient (Wildman–Crippen LogP) is 5.12. The molecule has 23 heavy (non-hydrogen) atoms. The summed E-state index contributed by atoms with van der Waals surface area (Å²) >= 11 is 12.4. The van der Waals surface area contributed by atoms with Crippen molar-refractivity contribution in [3.05, 3.63) is 88.2 Å². The lowest BCUT2D eigenvalue weighted by Crippen LogP contribution is -2.18. The zero-order chi connectivity index (χ0) is 16.1. The first-order chi connectivity index (χ1) is 11.3. The Labute approximate surface area is 146 Å². The van der Waals surface area contributed by atoms with Crippen LogP contribution in [0.5, 0.6) is 0 Å². The van der Waals surface area contributed by atoms with Gasteiger partial charge in [-0.3, -0.25) is 0 Å². The van der Waals surface area contributed by atoms with Gasteiger partial charge in [-0.1, -0.05) is 59.6 Å². The quantitative estimate of drug-likeness (QED) is 0.614. The Balaban J connectivity index is 1.64. The Hall–Kier alpha value is -1.74. The van der Waals surface area contributed by atoms with E-state index in [-0.39, 0.29) is 0 Å². The highest BCUT2D eigenvalue weighted by atomic mass is 35.5. The summed E-state index contributed by atoms with van der Waals surface area (Å²) in [6, 6.07) is 20.3. The fraction of sp³-hybridized carbons (Fsp3) is 0.158. The molecule has 3 rings (SSSR count). The van der Waals surface area contributed by atoms with E-state index < -0.39 is 0 Å². The van der Waals surface area contributed by atoms with Crippen molar-refractivity contribution in [3.63, 3.8) is 0 Å². The van der Waals surface area contributed by atoms with E-state index in [1.165, 1.54) is 5.56 Å². The number of halogens is 2. The van der Waals surface area contributed by atoms with Gasteiger partial charge in [0.15, 0.2) is 0 Å². The third kappa shape index (κ3) is 3.97. The molecule has 0 saturated heterocycles. The van der Waals surface area contributed by atoms with Crippen LogP contribution in [0.4, 0.5) is 0 Å². The van der Waals surface area contributed by atoms with Gasteiger partial charge in [-0.2, -0.15) is 0 Å². The van der Waals surface area contributed by atoms with E-state index in [1.807, 2.05) is 30.5 Å². The van der Waals surface area contributed by atoms with Crippen LogP contribution in [0, 0.1) is 0 Å². The van der Waals surface area contributed by atoms with Crippen LogP contribution < -0.4 is 5.32 Å². The van der Waals surface area contributed by atoms with Gasteiger partial charge in [0.05, 0.1) is 15.7 Å². The van der Waals surface area contributed by atoms with Crippen molar-refractivity contribution in [2.75, 3.05) is 6.54 Å². The maximum Gasteiger partial charge on any atom is 0.0832 e. The summed E-state index contributed by atoms with van der Waals surface area (Å²) in [7, 11) is 0. The Bertz CT molecular complexity index is 766. The van der Waals surface area contributed by atoms with Crippen molar-refractivity contribution in [3.8, 4) is 5.69 Å². The molecule has 0 radical (unpaired) electrons. The first-order valence-corrected chi connectivity index (χ1v) is 8.36. The van der Waals surface area contributed by atoms with Crippen molar-refractivity contribution in [2.45, 2.75) is 13.0 Å². The molecule has 0 aliphatic rings. The van der Waals surface area contributed by atoms with Gasteiger partial charge >= 0.3 is 0 Å². The largest absolute Gasteiger partial charge is 0.318 e. The molecule has 2 aromatic carbocycles. The van der Waals surface area contributed by atoms with E-state index in [0.29, 0.717) is 10.0 Å². The summed E-state index contributed by atoms with van der Waals surface area (Å²) in [6.07, 6.45) is 3.02. The number of hydrogen-bond donors (Lipinski definition) is 1. The molecule has 0 saturated carbocycles. The minimum atomic E-state index is 0.570. The lowest BCUT2D eigenvalue weighted by atomic mass is 10.1. The maximum atomic E-state index is 6.32. The summed E-state index contributed by atoms with van der Waals surface area (Å²) in [5.41, 5.74) is 3.40. The summed E-state index contributed by atoms with van der Waals surface area (Å²) in [5.74, 6) is 0. The molecule has 1 N–H and O–H groups in total. The second-order valence-electron chi connectivity index (χ2n) is 5.35. The van der Waals surface area contributed by atoms with E-state index >= 15 is 0 Å². The van der Waals surface area contributed by atoms with E-state index in [9.17, 15) is 0 Å². The minimum Gasteiger partial charge on any atom is -0.318 e. The van der Waals surface area contributed by atoms with Crippen molar-refractivity contribution in [1.82, 2.24) is 9.88 Å². The molecule has 0 amide bonds. The highest BCUT2D eigenvalue weighted by Crippen LogP contribution is 2.29. The predicted molar refractivity (Wildman–Crippen MR) is 97.6 cm³/mol. The van der Waals surface area contributed by atoms with Crippen molar-refractivity contribution >= 4 is 23.2 Å². The fourth-order valence-electron chi connectivity index (χ4n) is 2.57. The molecule has 0 bridgehead atoms. The van der Waals surface area contributed by atoms with Gasteiger partial charge in [-0.05, 0) is 42.8 Å². The van der Waals surface area contributed by atoms with Gasteiger partial charge in [0, 0.05) is 18.4 Å². The van der Waals surface area contributed by atoms with Crippen LogP contribution in [0.1, 0.15) is 11.3 Å². The number of benzene rings is 2. The molecule has 0 fully saturated rings. The summed E-state index contributed by atoms with van der Waals surface area (Å²) in [5, 5.41) is 4.63. The first kappa shape index (κ1) is 16.1. The Morgan fingerprint density at radius 1 is 0.870 bits per heavy atom. The van der Waals surface area contributed by atoms with Gasteiger partial charge in [-0.25, -0.2) is 0 Å². The Morgan fingerprint density at radius 3 is 2.52 bits per heavy atom. The highest BCUT2D eigenvalue weighted by molar-refractivity contribution is 6.43. The molecule has 0 spiro atoms. The number of nitrogens with one attached hydrogen (secondary N) is 1. The summed E-state index contributed by atoms with van der Waals surface area (Å²) < 4.78 is 2.07. The number of aromatic nitrogens is 1. The van der Waals surface area contributed by atoms with Crippen LogP contribution in [0.2, 0.25) is 10.0 Å². The molecule has 0 aliphatic heterocycles. The van der Waals surface area contributed by atoms with E-state index in [4.69, 9.17) is 23.2 Å². The third-order valence-electron chi connectivity index (χ3n) is 3.76. The van der Waals surface area contributed by atoms with Gasteiger partial charge in [0.2, 0.25) is 0 Å². The topological polar surface area (TPSA) is 17.0 Å². The lowest BCUT2D eigenvalue weighted by Gasteiger charge is -2.12. The second-order valence-corrected chi connectivity index (χ2v) is 6.14. The normalized spacial score (nSPS) is 10.9. The van der Waals surface area contributed by atoms with Crippen molar-refractivity contribution < 1.29 is 0 Å². The summed E-state index contributed by atoms with van der Waals surface area (Å²) in [4.78, 5) is 0. The molecule has 4 heteroatoms. The molecule has 118 valence electrons. The van der Waals surface area contributed by atoms with Gasteiger partial charge in [-0.15, -0.1) is 0 Å². The van der Waals surface area contributed by atoms with Crippen molar-refractivity contribution in [2.24, 2.45) is 0 Å². The molecule has 3 aromatic rings. The third-order valence-corrected chi connectivity index (χ3v) is 4.57. The van der Waals surface area contributed by atoms with E-state index in [1.54, 1.807) is 6.07 Å². The van der Waals surface area contributed by atoms with Gasteiger partial charge in [0.25, 0.3) is 0 Å². The van der Waals surface area contributed by atoms with Crippen molar-refractivity contribution in [1.29, 1.82) is 0 Å². The molecular formula is C19H18Cl2N2. The molecule has 1 heterocycles. The lowest BCUT2D eigenvalue weighted by molar-refractivity contribution is 0.666.